The number of hydrogen-bond acceptors (Lipinski definition) is 1. The van der Waals surface area contributed by atoms with Gasteiger partial charge in [0.15, 0.2) is 0 Å². The minimum atomic E-state index is 0.428. The molecule has 0 bridgehead atoms. The Morgan fingerprint density at radius 2 is 1.34 bits per heavy atom. The highest BCUT2D eigenvalue weighted by Crippen LogP contribution is 2.40. The molecule has 1 aliphatic carbocycles. The third-order valence-electron chi connectivity index (χ3n) is 8.16. The van der Waals surface area contributed by atoms with Gasteiger partial charge in [-0.05, 0) is 91.2 Å². The van der Waals surface area contributed by atoms with E-state index >= 15 is 0 Å². The van der Waals surface area contributed by atoms with Crippen LogP contribution in [0.4, 0.5) is 17.1 Å². The van der Waals surface area contributed by atoms with Crippen LogP contribution in [0.5, 0.6) is 0 Å². The predicted octanol–water partition coefficient (Wildman–Crippen LogP) is 10.9. The zero-order valence-electron chi connectivity index (χ0n) is 23.2. The van der Waals surface area contributed by atoms with Gasteiger partial charge in [0.05, 0.1) is 11.0 Å². The fourth-order valence-electron chi connectivity index (χ4n) is 6.02. The molecule has 0 aliphatic heterocycles. The van der Waals surface area contributed by atoms with Gasteiger partial charge in [-0.15, -0.1) is 0 Å². The van der Waals surface area contributed by atoms with Crippen molar-refractivity contribution in [1.82, 2.24) is 4.57 Å². The van der Waals surface area contributed by atoms with Gasteiger partial charge in [-0.1, -0.05) is 91.1 Å². The van der Waals surface area contributed by atoms with Crippen molar-refractivity contribution in [2.75, 3.05) is 4.90 Å². The van der Waals surface area contributed by atoms with E-state index in [1.54, 1.807) is 0 Å². The summed E-state index contributed by atoms with van der Waals surface area (Å²) in [5.74, 6) is 0.428. The molecule has 0 saturated carbocycles. The second-order valence-electron chi connectivity index (χ2n) is 10.8. The van der Waals surface area contributed by atoms with Gasteiger partial charge in [-0.3, -0.25) is 0 Å². The molecule has 2 nitrogen and oxygen atoms in total. The maximum atomic E-state index is 4.03. The lowest BCUT2D eigenvalue weighted by Gasteiger charge is -2.26. The van der Waals surface area contributed by atoms with E-state index in [9.17, 15) is 0 Å². The fourth-order valence-corrected chi connectivity index (χ4v) is 6.02. The summed E-state index contributed by atoms with van der Waals surface area (Å²) in [6, 6.07) is 43.8. The summed E-state index contributed by atoms with van der Waals surface area (Å²) >= 11 is 0. The first-order valence-electron chi connectivity index (χ1n) is 14.3. The highest BCUT2D eigenvalue weighted by atomic mass is 15.1. The molecule has 0 amide bonds. The minimum Gasteiger partial charge on any atom is -0.310 e. The number of hydrogen-bond donors (Lipinski definition) is 0. The zero-order valence-corrected chi connectivity index (χ0v) is 23.2. The SMILES string of the molecule is C=Cc1ccc2c(c1)c1cc(N(c3ccccc3)c3ccc(C4C=CC(C)=CC4)cc3)ccc1n2-c1ccccc1. The van der Waals surface area contributed by atoms with Gasteiger partial charge in [-0.2, -0.15) is 0 Å². The van der Waals surface area contributed by atoms with Crippen molar-refractivity contribution in [2.45, 2.75) is 19.3 Å². The van der Waals surface area contributed by atoms with E-state index in [2.05, 4.69) is 163 Å². The van der Waals surface area contributed by atoms with Crippen LogP contribution < -0.4 is 4.90 Å². The maximum Gasteiger partial charge on any atom is 0.0542 e. The Morgan fingerprint density at radius 3 is 2.02 bits per heavy atom. The second kappa shape index (κ2) is 10.5. The number of rotatable bonds is 6. The molecule has 198 valence electrons. The fraction of sp³-hybridized carbons (Fsp3) is 0.0769. The molecule has 1 heterocycles. The van der Waals surface area contributed by atoms with Gasteiger partial charge in [0, 0.05) is 39.4 Å². The summed E-state index contributed by atoms with van der Waals surface area (Å²) in [6.07, 6.45) is 9.86. The topological polar surface area (TPSA) is 8.17 Å². The molecular formula is C39H32N2. The van der Waals surface area contributed by atoms with Crippen LogP contribution in [0, 0.1) is 0 Å². The van der Waals surface area contributed by atoms with Crippen molar-refractivity contribution in [2.24, 2.45) is 0 Å². The second-order valence-corrected chi connectivity index (χ2v) is 10.8. The van der Waals surface area contributed by atoms with Gasteiger partial charge in [-0.25, -0.2) is 0 Å². The first-order chi connectivity index (χ1) is 20.2. The monoisotopic (exact) mass is 528 g/mol. The lowest BCUT2D eigenvalue weighted by Crippen LogP contribution is -2.10. The molecule has 2 heteroatoms. The molecule has 41 heavy (non-hydrogen) atoms. The largest absolute Gasteiger partial charge is 0.310 e. The molecule has 5 aromatic carbocycles. The van der Waals surface area contributed by atoms with Crippen molar-refractivity contribution < 1.29 is 0 Å². The van der Waals surface area contributed by atoms with E-state index in [0.717, 1.165) is 34.7 Å². The molecule has 0 radical (unpaired) electrons. The van der Waals surface area contributed by atoms with Crippen LogP contribution in [0.2, 0.25) is 0 Å². The first kappa shape index (κ1) is 24.9. The number of aromatic nitrogens is 1. The third kappa shape index (κ3) is 4.58. The summed E-state index contributed by atoms with van der Waals surface area (Å²) in [6.45, 7) is 6.20. The van der Waals surface area contributed by atoms with E-state index in [0.29, 0.717) is 5.92 Å². The Morgan fingerprint density at radius 1 is 0.707 bits per heavy atom. The van der Waals surface area contributed by atoms with E-state index in [4.69, 9.17) is 0 Å². The Hall–Kier alpha value is -5.08. The van der Waals surface area contributed by atoms with Crippen LogP contribution in [0.25, 0.3) is 33.6 Å². The Labute approximate surface area is 241 Å². The predicted molar refractivity (Wildman–Crippen MR) is 176 cm³/mol. The van der Waals surface area contributed by atoms with Crippen molar-refractivity contribution in [3.63, 3.8) is 0 Å². The van der Waals surface area contributed by atoms with Crippen molar-refractivity contribution in [3.05, 3.63) is 163 Å². The van der Waals surface area contributed by atoms with E-state index in [1.165, 1.54) is 32.9 Å². The van der Waals surface area contributed by atoms with Crippen LogP contribution in [-0.2, 0) is 0 Å². The highest BCUT2D eigenvalue weighted by molar-refractivity contribution is 6.11. The van der Waals surface area contributed by atoms with E-state index in [1.807, 2.05) is 6.08 Å². The van der Waals surface area contributed by atoms with Gasteiger partial charge in [0.1, 0.15) is 0 Å². The van der Waals surface area contributed by atoms with Crippen LogP contribution in [0.15, 0.2) is 152 Å². The first-order valence-corrected chi connectivity index (χ1v) is 14.3. The molecule has 1 aliphatic rings. The molecule has 1 aromatic heterocycles. The molecule has 0 fully saturated rings. The molecule has 1 unspecified atom stereocenters. The van der Waals surface area contributed by atoms with Gasteiger partial charge in [0.2, 0.25) is 0 Å². The quantitative estimate of drug-likeness (QED) is 0.209. The van der Waals surface area contributed by atoms with E-state index in [-0.39, 0.29) is 0 Å². The maximum absolute atomic E-state index is 4.03. The molecule has 7 rings (SSSR count). The van der Waals surface area contributed by atoms with Crippen molar-refractivity contribution in [1.29, 1.82) is 0 Å². The van der Waals surface area contributed by atoms with Crippen molar-refractivity contribution in [3.8, 4) is 5.69 Å². The van der Waals surface area contributed by atoms with Crippen LogP contribution in [-0.4, -0.2) is 4.57 Å². The van der Waals surface area contributed by atoms with Crippen LogP contribution in [0.3, 0.4) is 0 Å². The number of benzene rings is 5. The number of nitrogens with zero attached hydrogens (tertiary/aromatic N) is 2. The summed E-state index contributed by atoms with van der Waals surface area (Å²) in [5.41, 5.74) is 10.7. The highest BCUT2D eigenvalue weighted by Gasteiger charge is 2.18. The summed E-state index contributed by atoms with van der Waals surface area (Å²) in [7, 11) is 0. The van der Waals surface area contributed by atoms with Crippen molar-refractivity contribution >= 4 is 44.9 Å². The lowest BCUT2D eigenvalue weighted by molar-refractivity contribution is 0.845. The Bertz CT molecular complexity index is 1920. The molecule has 6 aromatic rings. The minimum absolute atomic E-state index is 0.428. The summed E-state index contributed by atoms with van der Waals surface area (Å²) < 4.78 is 2.36. The normalized spacial score (nSPS) is 14.8. The molecule has 0 saturated heterocycles. The standard InChI is InChI=1S/C39H32N2/c1-3-29-16-24-38-36(26-29)37-27-35(23-25-39(37)41(38)33-12-8-5-9-13-33)40(32-10-6-4-7-11-32)34-21-19-31(20-22-34)30-17-14-28(2)15-18-30/h3-17,19-27,30H,1,18H2,2H3. The third-order valence-corrected chi connectivity index (χ3v) is 8.16. The smallest absolute Gasteiger partial charge is 0.0542 e. The zero-order chi connectivity index (χ0) is 27.8. The van der Waals surface area contributed by atoms with Crippen LogP contribution >= 0.6 is 0 Å². The summed E-state index contributed by atoms with van der Waals surface area (Å²) in [5, 5.41) is 2.44. The average Bonchev–Trinajstić information content (AvgIpc) is 3.36. The van der Waals surface area contributed by atoms with Gasteiger partial charge in [0.25, 0.3) is 0 Å². The number of allylic oxidation sites excluding steroid dienone is 4. The number of anilines is 3. The molecule has 0 N–H and O–H groups in total. The summed E-state index contributed by atoms with van der Waals surface area (Å²) in [4.78, 5) is 2.35. The van der Waals surface area contributed by atoms with Gasteiger partial charge >= 0.3 is 0 Å². The molecule has 1 atom stereocenters. The van der Waals surface area contributed by atoms with Crippen LogP contribution in [0.1, 0.15) is 30.4 Å². The Balaban J connectivity index is 1.39. The molecular weight excluding hydrogens is 496 g/mol. The molecule has 0 spiro atoms. The average molecular weight is 529 g/mol. The lowest BCUT2D eigenvalue weighted by atomic mass is 9.90. The number of fused-ring (bicyclic) bond motifs is 3. The van der Waals surface area contributed by atoms with E-state index < -0.39 is 0 Å². The Kier molecular flexibility index (Phi) is 6.37. The van der Waals surface area contributed by atoms with Gasteiger partial charge < -0.3 is 9.47 Å². The number of para-hydroxylation sites is 2.